The molecule has 1 aromatic rings. The Balaban J connectivity index is 3.15. The van der Waals surface area contributed by atoms with Crippen molar-refractivity contribution in [3.8, 4) is 0 Å². The van der Waals surface area contributed by atoms with Gasteiger partial charge in [-0.15, -0.1) is 11.6 Å². The lowest BCUT2D eigenvalue weighted by atomic mass is 10.2. The number of anilines is 1. The summed E-state index contributed by atoms with van der Waals surface area (Å²) in [6, 6.07) is 0.841. The zero-order valence-corrected chi connectivity index (χ0v) is 11.1. The van der Waals surface area contributed by atoms with E-state index in [0.717, 1.165) is 6.07 Å². The fourth-order valence-electron chi connectivity index (χ4n) is 1.17. The van der Waals surface area contributed by atoms with Gasteiger partial charge in [-0.25, -0.2) is 8.78 Å². The molecule has 0 amide bonds. The molecule has 1 rings (SSSR count). The number of aliphatic hydroxyl groups excluding tert-OH is 1. The summed E-state index contributed by atoms with van der Waals surface area (Å²) in [4.78, 5) is 9.86. The quantitative estimate of drug-likeness (QED) is 0.372. The second-order valence-electron chi connectivity index (χ2n) is 3.33. The van der Waals surface area contributed by atoms with Crippen LogP contribution in [0, 0.1) is 21.7 Å². The largest absolute Gasteiger partial charge is 0.390 e. The molecule has 0 heterocycles. The smallest absolute Gasteiger partial charge is 0.296 e. The van der Waals surface area contributed by atoms with Crippen LogP contribution in [0.2, 0.25) is 0 Å². The van der Waals surface area contributed by atoms with Gasteiger partial charge in [0.25, 0.3) is 5.69 Å². The van der Waals surface area contributed by atoms with Gasteiger partial charge in [0, 0.05) is 12.6 Å². The zero-order valence-electron chi connectivity index (χ0n) is 8.79. The SMILES string of the molecule is O=[N+]([O-])c1cc(Br)c(F)c(F)c1NCC(O)CCl. The molecule has 0 fully saturated rings. The maximum absolute atomic E-state index is 13.6. The third kappa shape index (κ3) is 3.27. The van der Waals surface area contributed by atoms with E-state index in [1.54, 1.807) is 0 Å². The van der Waals surface area contributed by atoms with Crippen molar-refractivity contribution in [2.45, 2.75) is 6.10 Å². The Morgan fingerprint density at radius 3 is 2.67 bits per heavy atom. The summed E-state index contributed by atoms with van der Waals surface area (Å²) >= 11 is 7.99. The molecule has 0 aliphatic heterocycles. The second kappa shape index (κ2) is 6.26. The number of rotatable bonds is 5. The van der Waals surface area contributed by atoms with E-state index in [0.29, 0.717) is 0 Å². The van der Waals surface area contributed by atoms with E-state index < -0.39 is 34.0 Å². The van der Waals surface area contributed by atoms with Gasteiger partial charge in [-0.3, -0.25) is 10.1 Å². The summed E-state index contributed by atoms with van der Waals surface area (Å²) in [6.07, 6.45) is -1.03. The number of aliphatic hydroxyl groups is 1. The van der Waals surface area contributed by atoms with Gasteiger partial charge in [-0.2, -0.15) is 0 Å². The van der Waals surface area contributed by atoms with Crippen molar-refractivity contribution in [2.75, 3.05) is 17.7 Å². The van der Waals surface area contributed by atoms with Crippen LogP contribution in [-0.2, 0) is 0 Å². The first-order chi connectivity index (χ1) is 8.38. The molecule has 0 saturated carbocycles. The van der Waals surface area contributed by atoms with Gasteiger partial charge in [-0.05, 0) is 15.9 Å². The van der Waals surface area contributed by atoms with Gasteiger partial charge in [0.2, 0.25) is 0 Å². The second-order valence-corrected chi connectivity index (χ2v) is 4.49. The van der Waals surface area contributed by atoms with E-state index in [1.165, 1.54) is 0 Å². The molecule has 1 atom stereocenters. The topological polar surface area (TPSA) is 75.4 Å². The first kappa shape index (κ1) is 15.1. The summed E-state index contributed by atoms with van der Waals surface area (Å²) in [5.74, 6) is -2.78. The monoisotopic (exact) mass is 344 g/mol. The maximum atomic E-state index is 13.6. The van der Waals surface area contributed by atoms with Crippen LogP contribution in [0.5, 0.6) is 0 Å². The minimum Gasteiger partial charge on any atom is -0.390 e. The van der Waals surface area contributed by atoms with Crippen LogP contribution in [0.1, 0.15) is 0 Å². The predicted octanol–water partition coefficient (Wildman–Crippen LogP) is 2.65. The minimum atomic E-state index is -1.39. The van der Waals surface area contributed by atoms with Gasteiger partial charge >= 0.3 is 0 Å². The fourth-order valence-corrected chi connectivity index (χ4v) is 1.67. The number of alkyl halides is 1. The number of nitro groups is 1. The molecule has 100 valence electrons. The van der Waals surface area contributed by atoms with Crippen LogP contribution in [0.3, 0.4) is 0 Å². The molecule has 1 unspecified atom stereocenters. The number of benzene rings is 1. The Morgan fingerprint density at radius 1 is 1.56 bits per heavy atom. The highest BCUT2D eigenvalue weighted by atomic mass is 79.9. The van der Waals surface area contributed by atoms with Crippen molar-refractivity contribution in [3.63, 3.8) is 0 Å². The highest BCUT2D eigenvalue weighted by Crippen LogP contribution is 2.34. The summed E-state index contributed by atoms with van der Waals surface area (Å²) in [7, 11) is 0. The van der Waals surface area contributed by atoms with Gasteiger partial charge in [0.15, 0.2) is 17.3 Å². The molecule has 5 nitrogen and oxygen atoms in total. The zero-order chi connectivity index (χ0) is 13.9. The molecule has 0 spiro atoms. The molecular weight excluding hydrogens is 337 g/mol. The van der Waals surface area contributed by atoms with Crippen molar-refractivity contribution >= 4 is 38.9 Å². The standard InChI is InChI=1S/C9H8BrClF2N2O3/c10-5-1-6(15(17)18)9(8(13)7(5)12)14-3-4(16)2-11/h1,4,14,16H,2-3H2. The third-order valence-corrected chi connectivity index (χ3v) is 2.96. The number of nitrogens with zero attached hydrogens (tertiary/aromatic N) is 1. The van der Waals surface area contributed by atoms with Crippen molar-refractivity contribution < 1.29 is 18.8 Å². The molecule has 1 aromatic carbocycles. The normalized spacial score (nSPS) is 12.3. The summed E-state index contributed by atoms with van der Waals surface area (Å²) < 4.78 is 26.5. The number of nitrogens with one attached hydrogen (secondary N) is 1. The Bertz CT molecular complexity index is 476. The molecule has 2 N–H and O–H groups in total. The average Bonchev–Trinajstić information content (AvgIpc) is 2.33. The van der Waals surface area contributed by atoms with E-state index in [2.05, 4.69) is 21.2 Å². The fraction of sp³-hybridized carbons (Fsp3) is 0.333. The lowest BCUT2D eigenvalue weighted by molar-refractivity contribution is -0.384. The molecule has 0 aromatic heterocycles. The van der Waals surface area contributed by atoms with Gasteiger partial charge in [0.05, 0.1) is 21.4 Å². The number of halogens is 4. The Hall–Kier alpha value is -0.990. The first-order valence-electron chi connectivity index (χ1n) is 4.68. The van der Waals surface area contributed by atoms with Gasteiger partial charge < -0.3 is 10.4 Å². The number of nitro benzene ring substituents is 1. The van der Waals surface area contributed by atoms with Crippen LogP contribution in [-0.4, -0.2) is 28.6 Å². The Morgan fingerprint density at radius 2 is 2.17 bits per heavy atom. The van der Waals surface area contributed by atoms with Crippen LogP contribution in [0.15, 0.2) is 10.5 Å². The van der Waals surface area contributed by atoms with Crippen LogP contribution < -0.4 is 5.32 Å². The van der Waals surface area contributed by atoms with Crippen LogP contribution in [0.4, 0.5) is 20.2 Å². The summed E-state index contributed by atoms with van der Waals surface area (Å²) in [6.45, 7) is -0.234. The minimum absolute atomic E-state index is 0.137. The molecule has 0 radical (unpaired) electrons. The van der Waals surface area contributed by atoms with E-state index in [1.807, 2.05) is 0 Å². The number of hydrogen-bond donors (Lipinski definition) is 2. The van der Waals surface area contributed by atoms with E-state index >= 15 is 0 Å². The summed E-state index contributed by atoms with van der Waals surface area (Å²) in [5.41, 5.74) is -1.26. The summed E-state index contributed by atoms with van der Waals surface area (Å²) in [5, 5.41) is 22.2. The first-order valence-corrected chi connectivity index (χ1v) is 6.01. The lowest BCUT2D eigenvalue weighted by Crippen LogP contribution is -2.22. The highest BCUT2D eigenvalue weighted by Gasteiger charge is 2.24. The Labute approximate surface area is 114 Å². The van der Waals surface area contributed by atoms with E-state index in [9.17, 15) is 24.0 Å². The van der Waals surface area contributed by atoms with Crippen molar-refractivity contribution in [3.05, 3.63) is 32.3 Å². The van der Waals surface area contributed by atoms with E-state index in [4.69, 9.17) is 11.6 Å². The van der Waals surface area contributed by atoms with Crippen molar-refractivity contribution in [1.29, 1.82) is 0 Å². The van der Waals surface area contributed by atoms with Gasteiger partial charge in [-0.1, -0.05) is 0 Å². The molecule has 18 heavy (non-hydrogen) atoms. The number of hydrogen-bond acceptors (Lipinski definition) is 4. The molecule has 9 heteroatoms. The van der Waals surface area contributed by atoms with Crippen molar-refractivity contribution in [2.24, 2.45) is 0 Å². The molecule has 0 aliphatic carbocycles. The molecule has 0 saturated heterocycles. The van der Waals surface area contributed by atoms with Gasteiger partial charge in [0.1, 0.15) is 0 Å². The Kier molecular flexibility index (Phi) is 5.24. The lowest BCUT2D eigenvalue weighted by Gasteiger charge is -2.12. The molecular formula is C9H8BrClF2N2O3. The van der Waals surface area contributed by atoms with Crippen LogP contribution in [0.25, 0.3) is 0 Å². The molecule has 0 bridgehead atoms. The average molecular weight is 346 g/mol. The third-order valence-electron chi connectivity index (χ3n) is 2.03. The highest BCUT2D eigenvalue weighted by molar-refractivity contribution is 9.10. The van der Waals surface area contributed by atoms with Crippen LogP contribution >= 0.6 is 27.5 Å². The molecule has 0 aliphatic rings. The van der Waals surface area contributed by atoms with E-state index in [-0.39, 0.29) is 16.9 Å². The van der Waals surface area contributed by atoms with Crippen molar-refractivity contribution in [1.82, 2.24) is 0 Å². The predicted molar refractivity (Wildman–Crippen MR) is 65.9 cm³/mol. The maximum Gasteiger partial charge on any atom is 0.296 e.